The van der Waals surface area contributed by atoms with E-state index in [-0.39, 0.29) is 34.9 Å². The van der Waals surface area contributed by atoms with Gasteiger partial charge in [0.25, 0.3) is 0 Å². The van der Waals surface area contributed by atoms with E-state index in [1.54, 1.807) is 0 Å². The molecule has 2 atom stereocenters. The minimum Gasteiger partial charge on any atom is -0.505 e. The van der Waals surface area contributed by atoms with Crippen molar-refractivity contribution < 1.29 is 24.2 Å². The number of aromatic amines is 1. The van der Waals surface area contributed by atoms with Crippen molar-refractivity contribution in [2.24, 2.45) is 5.92 Å². The Hall–Kier alpha value is -3.61. The number of hydrogen-bond donors (Lipinski definition) is 3. The number of nitrogens with one attached hydrogen (secondary N) is 2. The third-order valence-corrected chi connectivity index (χ3v) is 6.21. The van der Waals surface area contributed by atoms with E-state index in [2.05, 4.69) is 16.4 Å². The lowest BCUT2D eigenvalue weighted by Crippen LogP contribution is -2.42. The molecule has 7 nitrogen and oxygen atoms in total. The first-order valence-electron chi connectivity index (χ1n) is 11.4. The number of aromatic nitrogens is 1. The monoisotopic (exact) mass is 464 g/mol. The Morgan fingerprint density at radius 3 is 2.59 bits per heavy atom. The van der Waals surface area contributed by atoms with Crippen LogP contribution in [0, 0.1) is 5.92 Å². The topological polar surface area (TPSA) is 108 Å². The van der Waals surface area contributed by atoms with Gasteiger partial charge in [-0.1, -0.05) is 36.8 Å². The molecule has 0 spiro atoms. The maximum Gasteiger partial charge on any atom is 0.328 e. The third-order valence-electron chi connectivity index (χ3n) is 6.21. The molecule has 0 radical (unpaired) electrons. The van der Waals surface area contributed by atoms with Crippen molar-refractivity contribution in [3.63, 3.8) is 0 Å². The molecule has 0 saturated heterocycles. The van der Waals surface area contributed by atoms with Gasteiger partial charge >= 0.3 is 5.97 Å². The number of benzene rings is 1. The van der Waals surface area contributed by atoms with Crippen LogP contribution in [-0.2, 0) is 25.5 Å². The van der Waals surface area contributed by atoms with Crippen LogP contribution >= 0.6 is 0 Å². The minimum atomic E-state index is -0.875. The highest BCUT2D eigenvalue weighted by molar-refractivity contribution is 6.50. The van der Waals surface area contributed by atoms with Crippen molar-refractivity contribution in [3.8, 4) is 0 Å². The van der Waals surface area contributed by atoms with Crippen LogP contribution in [0.25, 0.3) is 10.9 Å². The van der Waals surface area contributed by atoms with Gasteiger partial charge < -0.3 is 20.1 Å². The highest BCUT2D eigenvalue weighted by Gasteiger charge is 2.37. The minimum absolute atomic E-state index is 0.0792. The van der Waals surface area contributed by atoms with E-state index in [4.69, 9.17) is 4.74 Å². The van der Waals surface area contributed by atoms with E-state index < -0.39 is 23.6 Å². The van der Waals surface area contributed by atoms with Crippen LogP contribution in [-0.4, -0.2) is 40.8 Å². The molecule has 180 valence electrons. The Morgan fingerprint density at radius 2 is 1.91 bits per heavy atom. The fourth-order valence-electron chi connectivity index (χ4n) is 4.26. The number of fused-ring (bicyclic) bond motifs is 1. The van der Waals surface area contributed by atoms with Crippen molar-refractivity contribution in [2.75, 3.05) is 7.11 Å². The standard InChI is InChI=1S/C27H32N2O5/c1-15(2)9-8-10-16(3)22-25(31)23(17(4)24(30)26(22)32)29-21(27(33)34-5)13-18-14-28-20-12-7-6-11-19(18)20/h6-7,9,11-12,14,16,21,28-29,31H,8,10,13H2,1-5H3/t16-,21+/m1/s1. The van der Waals surface area contributed by atoms with Crippen LogP contribution < -0.4 is 5.32 Å². The summed E-state index contributed by atoms with van der Waals surface area (Å²) in [6.45, 7) is 7.28. The van der Waals surface area contributed by atoms with Gasteiger partial charge in [0.05, 0.1) is 18.4 Å². The molecular formula is C27H32N2O5. The van der Waals surface area contributed by atoms with Gasteiger partial charge in [-0.25, -0.2) is 4.79 Å². The van der Waals surface area contributed by atoms with Gasteiger partial charge in [-0.2, -0.15) is 0 Å². The van der Waals surface area contributed by atoms with E-state index in [1.807, 2.05) is 51.2 Å². The number of aliphatic hydroxyl groups excluding tert-OH is 1. The van der Waals surface area contributed by atoms with Gasteiger partial charge in [-0.15, -0.1) is 0 Å². The molecule has 34 heavy (non-hydrogen) atoms. The summed E-state index contributed by atoms with van der Waals surface area (Å²) >= 11 is 0. The van der Waals surface area contributed by atoms with Crippen molar-refractivity contribution in [3.05, 3.63) is 70.3 Å². The molecule has 1 aromatic carbocycles. The van der Waals surface area contributed by atoms with Crippen LogP contribution in [0.3, 0.4) is 0 Å². The lowest BCUT2D eigenvalue weighted by Gasteiger charge is -2.26. The second-order valence-corrected chi connectivity index (χ2v) is 8.96. The number of aliphatic hydroxyl groups is 1. The van der Waals surface area contributed by atoms with Crippen LogP contribution in [0.4, 0.5) is 0 Å². The lowest BCUT2D eigenvalue weighted by molar-refractivity contribution is -0.142. The molecule has 3 N–H and O–H groups in total. The number of hydrogen-bond acceptors (Lipinski definition) is 6. The number of para-hydroxylation sites is 1. The van der Waals surface area contributed by atoms with Crippen LogP contribution in [0.1, 0.15) is 46.1 Å². The predicted octanol–water partition coefficient (Wildman–Crippen LogP) is 4.46. The van der Waals surface area contributed by atoms with Crippen LogP contribution in [0.2, 0.25) is 0 Å². The Morgan fingerprint density at radius 1 is 1.21 bits per heavy atom. The fourth-order valence-corrected chi connectivity index (χ4v) is 4.26. The normalized spacial score (nSPS) is 16.0. The number of Topliss-reactive ketones (excluding diaryl/α,β-unsaturated/α-hetero) is 2. The van der Waals surface area contributed by atoms with Crippen molar-refractivity contribution >= 4 is 28.4 Å². The van der Waals surface area contributed by atoms with Crippen molar-refractivity contribution in [1.29, 1.82) is 0 Å². The second-order valence-electron chi connectivity index (χ2n) is 8.96. The maximum absolute atomic E-state index is 12.8. The third kappa shape index (κ3) is 5.14. The quantitative estimate of drug-likeness (QED) is 0.219. The van der Waals surface area contributed by atoms with Crippen LogP contribution in [0.15, 0.2) is 64.7 Å². The van der Waals surface area contributed by atoms with Gasteiger partial charge in [0.15, 0.2) is 0 Å². The van der Waals surface area contributed by atoms with E-state index in [0.717, 1.165) is 28.5 Å². The Bertz CT molecular complexity index is 1210. The molecule has 0 saturated carbocycles. The van der Waals surface area contributed by atoms with E-state index in [9.17, 15) is 19.5 Å². The largest absolute Gasteiger partial charge is 0.505 e. The SMILES string of the molecule is COC(=O)[C@H](Cc1c[nH]c2ccccc12)NC1=C(C)C(=O)C(=O)C([C@H](C)CCC=C(C)C)=C1O. The molecule has 1 aliphatic rings. The molecule has 0 aliphatic heterocycles. The number of carbonyl (C=O) groups is 3. The van der Waals surface area contributed by atoms with E-state index >= 15 is 0 Å². The number of methoxy groups -OCH3 is 1. The number of esters is 1. The average Bonchev–Trinajstić information content (AvgIpc) is 3.21. The molecule has 2 aromatic rings. The van der Waals surface area contributed by atoms with Gasteiger partial charge in [0, 0.05) is 29.1 Å². The number of rotatable bonds is 9. The molecular weight excluding hydrogens is 432 g/mol. The van der Waals surface area contributed by atoms with E-state index in [0.29, 0.717) is 6.42 Å². The summed E-state index contributed by atoms with van der Waals surface area (Å²) in [5, 5.41) is 15.1. The van der Waals surface area contributed by atoms with Gasteiger partial charge in [-0.05, 0) is 51.2 Å². The maximum atomic E-state index is 12.8. The van der Waals surface area contributed by atoms with Gasteiger partial charge in [-0.3, -0.25) is 9.59 Å². The summed E-state index contributed by atoms with van der Waals surface area (Å²) < 4.78 is 4.99. The van der Waals surface area contributed by atoms with Crippen LogP contribution in [0.5, 0.6) is 0 Å². The van der Waals surface area contributed by atoms with Crippen molar-refractivity contribution in [1.82, 2.24) is 10.3 Å². The first-order chi connectivity index (χ1) is 16.1. The van der Waals surface area contributed by atoms with E-state index in [1.165, 1.54) is 14.0 Å². The average molecular weight is 465 g/mol. The molecule has 1 heterocycles. The zero-order valence-electron chi connectivity index (χ0n) is 20.3. The number of carbonyl (C=O) groups excluding carboxylic acids is 3. The summed E-state index contributed by atoms with van der Waals surface area (Å²) in [6, 6.07) is 6.84. The first kappa shape index (κ1) is 25.0. The zero-order chi connectivity index (χ0) is 25.0. The molecule has 0 bridgehead atoms. The number of ketones is 2. The summed E-state index contributed by atoms with van der Waals surface area (Å²) in [7, 11) is 1.29. The summed E-state index contributed by atoms with van der Waals surface area (Å²) in [6.07, 6.45) is 5.46. The van der Waals surface area contributed by atoms with Crippen molar-refractivity contribution in [2.45, 2.75) is 53.0 Å². The van der Waals surface area contributed by atoms with Gasteiger partial charge in [0.2, 0.25) is 11.6 Å². The predicted molar refractivity (Wildman–Crippen MR) is 131 cm³/mol. The molecule has 3 rings (SSSR count). The fraction of sp³-hybridized carbons (Fsp3) is 0.370. The zero-order valence-corrected chi connectivity index (χ0v) is 20.3. The van der Waals surface area contributed by atoms with Gasteiger partial charge in [0.1, 0.15) is 11.8 Å². The molecule has 1 aromatic heterocycles. The smallest absolute Gasteiger partial charge is 0.328 e. The Balaban J connectivity index is 1.94. The Kier molecular flexibility index (Phi) is 7.76. The second kappa shape index (κ2) is 10.5. The summed E-state index contributed by atoms with van der Waals surface area (Å²) in [5.74, 6) is -2.53. The lowest BCUT2D eigenvalue weighted by atomic mass is 9.83. The molecule has 0 fully saturated rings. The highest BCUT2D eigenvalue weighted by Crippen LogP contribution is 2.31. The summed E-state index contributed by atoms with van der Waals surface area (Å²) in [4.78, 5) is 41.4. The molecule has 7 heteroatoms. The molecule has 1 aliphatic carbocycles. The number of H-pyrrole nitrogens is 1. The number of allylic oxidation sites excluding steroid dienone is 4. The highest BCUT2D eigenvalue weighted by atomic mass is 16.5. The first-order valence-corrected chi connectivity index (χ1v) is 11.4. The Labute approximate surface area is 199 Å². The summed E-state index contributed by atoms with van der Waals surface area (Å²) in [5.41, 5.74) is 3.24. The number of ether oxygens (including phenoxy) is 1. The molecule has 0 amide bonds. The molecule has 0 unspecified atom stereocenters.